The molecule has 0 spiro atoms. The van der Waals surface area contributed by atoms with Crippen molar-refractivity contribution in [2.75, 3.05) is 46.0 Å². The minimum atomic E-state index is -0.730. The van der Waals surface area contributed by atoms with Gasteiger partial charge in [0.25, 0.3) is 11.7 Å². The van der Waals surface area contributed by atoms with Gasteiger partial charge in [0.2, 0.25) is 0 Å². The number of rotatable bonds is 7. The number of Topliss-reactive ketones (excluding diaryl/α,β-unsaturated/α-hetero) is 1. The Balaban J connectivity index is 1.60. The van der Waals surface area contributed by atoms with Crippen LogP contribution in [0.15, 0.2) is 48.2 Å². The number of aliphatic hydroxyl groups excluding tert-OH is 1. The van der Waals surface area contributed by atoms with Gasteiger partial charge in [0.05, 0.1) is 37.1 Å². The molecule has 2 fully saturated rings. The Hall–Kier alpha value is -3.69. The first kappa shape index (κ1) is 25.0. The van der Waals surface area contributed by atoms with Crippen molar-refractivity contribution in [1.29, 1.82) is 0 Å². The Bertz CT molecular complexity index is 1350. The Morgan fingerprint density at radius 3 is 2.54 bits per heavy atom. The maximum absolute atomic E-state index is 13.5. The first-order valence-corrected chi connectivity index (χ1v) is 12.7. The van der Waals surface area contributed by atoms with Crippen LogP contribution in [-0.4, -0.2) is 82.0 Å². The zero-order chi connectivity index (χ0) is 26.1. The van der Waals surface area contributed by atoms with Gasteiger partial charge < -0.3 is 19.5 Å². The number of benzene rings is 1. The number of fused-ring (bicyclic) bond motifs is 1. The average molecular weight is 505 g/mol. The van der Waals surface area contributed by atoms with Crippen molar-refractivity contribution in [2.24, 2.45) is 0 Å². The van der Waals surface area contributed by atoms with Crippen molar-refractivity contribution in [3.8, 4) is 5.75 Å². The van der Waals surface area contributed by atoms with E-state index in [1.807, 2.05) is 50.2 Å². The van der Waals surface area contributed by atoms with E-state index in [2.05, 4.69) is 9.88 Å². The number of morpholine rings is 1. The summed E-state index contributed by atoms with van der Waals surface area (Å²) >= 11 is 0. The van der Waals surface area contributed by atoms with Gasteiger partial charge in [0.15, 0.2) is 5.76 Å². The molecule has 2 aromatic heterocycles. The highest BCUT2D eigenvalue weighted by molar-refractivity contribution is 6.46. The molecule has 9 heteroatoms. The van der Waals surface area contributed by atoms with E-state index < -0.39 is 17.7 Å². The van der Waals surface area contributed by atoms with Gasteiger partial charge in [0.1, 0.15) is 17.1 Å². The molecule has 0 bridgehead atoms. The quantitative estimate of drug-likeness (QED) is 0.300. The molecule has 1 aromatic carbocycles. The summed E-state index contributed by atoms with van der Waals surface area (Å²) in [6, 6.07) is 10.4. The molecule has 4 heterocycles. The molecule has 1 amide bonds. The number of ketones is 1. The molecule has 0 aliphatic carbocycles. The molecule has 0 radical (unpaired) electrons. The number of carbonyl (C=O) groups is 2. The highest BCUT2D eigenvalue weighted by atomic mass is 16.5. The average Bonchev–Trinajstić information content (AvgIpc) is 3.37. The monoisotopic (exact) mass is 504 g/mol. The van der Waals surface area contributed by atoms with Crippen LogP contribution in [0.3, 0.4) is 0 Å². The minimum absolute atomic E-state index is 0.0718. The second-order valence-corrected chi connectivity index (χ2v) is 9.38. The summed E-state index contributed by atoms with van der Waals surface area (Å²) in [7, 11) is 0. The van der Waals surface area contributed by atoms with Gasteiger partial charge in [-0.2, -0.15) is 0 Å². The fourth-order valence-corrected chi connectivity index (χ4v) is 5.17. The number of ether oxygens (including phenoxy) is 2. The molecule has 37 heavy (non-hydrogen) atoms. The fourth-order valence-electron chi connectivity index (χ4n) is 5.17. The van der Waals surface area contributed by atoms with Crippen LogP contribution in [0.5, 0.6) is 5.75 Å². The number of amides is 1. The molecular formula is C28H32N4O5. The topological polar surface area (TPSA) is 96.6 Å². The SMILES string of the molecule is CCOc1ccc(C2/C(=C(\O)c3c(C)nc4c(C)cccn34)C(=O)C(=O)N2CCN2CCOCC2)cc1. The summed E-state index contributed by atoms with van der Waals surface area (Å²) in [6.07, 6.45) is 1.80. The number of aryl methyl sites for hydroxylation is 2. The zero-order valence-corrected chi connectivity index (χ0v) is 21.4. The van der Waals surface area contributed by atoms with Crippen molar-refractivity contribution >= 4 is 23.1 Å². The Morgan fingerprint density at radius 1 is 1.11 bits per heavy atom. The van der Waals surface area contributed by atoms with Crippen LogP contribution in [0.1, 0.15) is 35.5 Å². The molecule has 5 rings (SSSR count). The summed E-state index contributed by atoms with van der Waals surface area (Å²) in [5, 5.41) is 11.6. The van der Waals surface area contributed by atoms with Gasteiger partial charge in [-0.25, -0.2) is 4.98 Å². The van der Waals surface area contributed by atoms with Crippen LogP contribution in [0.2, 0.25) is 0 Å². The largest absolute Gasteiger partial charge is 0.505 e. The molecule has 1 N–H and O–H groups in total. The number of aliphatic hydroxyl groups is 1. The van der Waals surface area contributed by atoms with Crippen LogP contribution < -0.4 is 4.74 Å². The lowest BCUT2D eigenvalue weighted by molar-refractivity contribution is -0.140. The maximum Gasteiger partial charge on any atom is 0.295 e. The molecule has 3 aromatic rings. The van der Waals surface area contributed by atoms with E-state index in [1.54, 1.807) is 22.4 Å². The highest BCUT2D eigenvalue weighted by Crippen LogP contribution is 2.40. The summed E-state index contributed by atoms with van der Waals surface area (Å²) in [5.41, 5.74) is 3.44. The van der Waals surface area contributed by atoms with E-state index in [1.165, 1.54) is 0 Å². The number of aromatic nitrogens is 2. The van der Waals surface area contributed by atoms with E-state index in [0.717, 1.165) is 24.2 Å². The van der Waals surface area contributed by atoms with Gasteiger partial charge in [0, 0.05) is 32.4 Å². The summed E-state index contributed by atoms with van der Waals surface area (Å²) in [4.78, 5) is 35.2. The first-order chi connectivity index (χ1) is 17.9. The molecule has 1 unspecified atom stereocenters. The Kier molecular flexibility index (Phi) is 6.99. The van der Waals surface area contributed by atoms with Crippen molar-refractivity contribution in [3.05, 3.63) is 70.7 Å². The Labute approximate surface area is 215 Å². The molecular weight excluding hydrogens is 472 g/mol. The van der Waals surface area contributed by atoms with Crippen LogP contribution in [0, 0.1) is 13.8 Å². The van der Waals surface area contributed by atoms with E-state index in [-0.39, 0.29) is 11.3 Å². The molecule has 2 saturated heterocycles. The van der Waals surface area contributed by atoms with Gasteiger partial charge >= 0.3 is 0 Å². The molecule has 2 aliphatic rings. The van der Waals surface area contributed by atoms with E-state index in [0.29, 0.717) is 55.7 Å². The predicted octanol–water partition coefficient (Wildman–Crippen LogP) is 3.10. The fraction of sp³-hybridized carbons (Fsp3) is 0.393. The van der Waals surface area contributed by atoms with Crippen LogP contribution in [0.25, 0.3) is 11.4 Å². The zero-order valence-electron chi connectivity index (χ0n) is 21.4. The summed E-state index contributed by atoms with van der Waals surface area (Å²) in [5.74, 6) is -0.831. The Morgan fingerprint density at radius 2 is 1.84 bits per heavy atom. The highest BCUT2D eigenvalue weighted by Gasteiger charge is 2.46. The number of carbonyl (C=O) groups excluding carboxylic acids is 2. The van der Waals surface area contributed by atoms with Gasteiger partial charge in [-0.05, 0) is 50.1 Å². The van der Waals surface area contributed by atoms with E-state index >= 15 is 0 Å². The molecule has 194 valence electrons. The maximum atomic E-state index is 13.5. The first-order valence-electron chi connectivity index (χ1n) is 12.7. The van der Waals surface area contributed by atoms with Crippen LogP contribution >= 0.6 is 0 Å². The minimum Gasteiger partial charge on any atom is -0.505 e. The second kappa shape index (κ2) is 10.4. The summed E-state index contributed by atoms with van der Waals surface area (Å²) in [6.45, 7) is 9.98. The third-order valence-electron chi connectivity index (χ3n) is 7.05. The second-order valence-electron chi connectivity index (χ2n) is 9.38. The number of likely N-dealkylation sites (tertiary alicyclic amines) is 1. The third-order valence-corrected chi connectivity index (χ3v) is 7.05. The normalized spacial score (nSPS) is 20.2. The van der Waals surface area contributed by atoms with Crippen LogP contribution in [0.4, 0.5) is 0 Å². The number of hydrogen-bond acceptors (Lipinski definition) is 7. The predicted molar refractivity (Wildman–Crippen MR) is 139 cm³/mol. The van der Waals surface area contributed by atoms with Crippen molar-refractivity contribution in [3.63, 3.8) is 0 Å². The number of pyridine rings is 1. The van der Waals surface area contributed by atoms with Crippen molar-refractivity contribution in [1.82, 2.24) is 19.2 Å². The number of nitrogens with zero attached hydrogens (tertiary/aromatic N) is 4. The lowest BCUT2D eigenvalue weighted by Crippen LogP contribution is -2.42. The van der Waals surface area contributed by atoms with Crippen molar-refractivity contribution in [2.45, 2.75) is 26.8 Å². The molecule has 1 atom stereocenters. The smallest absolute Gasteiger partial charge is 0.295 e. The van der Waals surface area contributed by atoms with Gasteiger partial charge in [-0.3, -0.25) is 18.9 Å². The van der Waals surface area contributed by atoms with Crippen LogP contribution in [-0.2, 0) is 14.3 Å². The van der Waals surface area contributed by atoms with E-state index in [9.17, 15) is 14.7 Å². The van der Waals surface area contributed by atoms with E-state index in [4.69, 9.17) is 9.47 Å². The van der Waals surface area contributed by atoms with Gasteiger partial charge in [-0.1, -0.05) is 18.2 Å². The number of imidazole rings is 1. The number of hydrogen-bond donors (Lipinski definition) is 1. The standard InChI is InChI=1S/C28H32N4O5/c1-4-37-21-9-7-20(8-10-21)24-22(25(33)23-19(3)29-27-18(2)6-5-11-31(23)27)26(34)28(35)32(24)13-12-30-14-16-36-17-15-30/h5-11,24,33H,4,12-17H2,1-3H3/b25-22+. The molecule has 2 aliphatic heterocycles. The lowest BCUT2D eigenvalue weighted by atomic mass is 9.96. The summed E-state index contributed by atoms with van der Waals surface area (Å²) < 4.78 is 12.8. The molecule has 9 nitrogen and oxygen atoms in total. The lowest BCUT2D eigenvalue weighted by Gasteiger charge is -2.31. The molecule has 0 saturated carbocycles. The third kappa shape index (κ3) is 4.60. The van der Waals surface area contributed by atoms with Crippen molar-refractivity contribution < 1.29 is 24.2 Å². The van der Waals surface area contributed by atoms with Gasteiger partial charge in [-0.15, -0.1) is 0 Å².